The number of carboxylic acids is 1. The Kier molecular flexibility index (Phi) is 6.91. The van der Waals surface area contributed by atoms with Crippen LogP contribution in [-0.4, -0.2) is 62.5 Å². The van der Waals surface area contributed by atoms with Crippen LogP contribution in [0.25, 0.3) is 5.57 Å². The summed E-state index contributed by atoms with van der Waals surface area (Å²) in [7, 11) is 0. The van der Waals surface area contributed by atoms with Crippen LogP contribution in [0.3, 0.4) is 0 Å². The second-order valence-corrected chi connectivity index (χ2v) is 8.30. The van der Waals surface area contributed by atoms with Crippen molar-refractivity contribution in [2.24, 2.45) is 16.0 Å². The lowest BCUT2D eigenvalue weighted by atomic mass is 10.0. The smallest absolute Gasteiger partial charge is 0.353 e. The third-order valence-corrected chi connectivity index (χ3v) is 6.34. The molecule has 0 saturated carbocycles. The normalized spacial score (nSPS) is 21.4. The summed E-state index contributed by atoms with van der Waals surface area (Å²) >= 11 is 2.53. The van der Waals surface area contributed by atoms with E-state index in [-0.39, 0.29) is 11.4 Å². The van der Waals surface area contributed by atoms with Gasteiger partial charge in [-0.25, -0.2) is 9.78 Å². The molecule has 0 spiro atoms. The van der Waals surface area contributed by atoms with Gasteiger partial charge in [0.05, 0.1) is 17.5 Å². The van der Waals surface area contributed by atoms with Gasteiger partial charge in [-0.3, -0.25) is 19.9 Å². The second kappa shape index (κ2) is 9.61. The van der Waals surface area contributed by atoms with Gasteiger partial charge in [-0.15, -0.1) is 23.1 Å². The first-order valence-corrected chi connectivity index (χ1v) is 11.0. The molecule has 3 rings (SSSR count). The SMILES string of the molecule is CCC=C(C(=O)NC1C(=O)N2C(C(=O)O)=C(C=NNC=NN)CS[C@@H]12)c1csc(N)n1. The van der Waals surface area contributed by atoms with E-state index in [0.717, 1.165) is 11.2 Å². The first-order valence-electron chi connectivity index (χ1n) is 9.02. The molecule has 31 heavy (non-hydrogen) atoms. The number of hydrogen-bond acceptors (Lipinski definition) is 10. The number of hydrazone groups is 2. The Bertz CT molecular complexity index is 1020. The molecule has 164 valence electrons. The summed E-state index contributed by atoms with van der Waals surface area (Å²) in [6.07, 6.45) is 4.70. The maximum Gasteiger partial charge on any atom is 0.353 e. The summed E-state index contributed by atoms with van der Waals surface area (Å²) in [4.78, 5) is 42.7. The van der Waals surface area contributed by atoms with Gasteiger partial charge >= 0.3 is 5.97 Å². The number of aliphatic carboxylic acids is 1. The Labute approximate surface area is 185 Å². The van der Waals surface area contributed by atoms with Crippen LogP contribution in [-0.2, 0) is 14.4 Å². The van der Waals surface area contributed by atoms with E-state index in [1.807, 2.05) is 6.92 Å². The lowest BCUT2D eigenvalue weighted by Gasteiger charge is -2.49. The summed E-state index contributed by atoms with van der Waals surface area (Å²) in [5.41, 5.74) is 8.99. The van der Waals surface area contributed by atoms with Crippen molar-refractivity contribution in [1.82, 2.24) is 20.6 Å². The fourth-order valence-electron chi connectivity index (χ4n) is 3.07. The fraction of sp³-hybridized carbons (Fsp3) is 0.294. The van der Waals surface area contributed by atoms with Gasteiger partial charge in [-0.1, -0.05) is 13.0 Å². The fourth-order valence-corrected chi connectivity index (χ4v) is 4.93. The van der Waals surface area contributed by atoms with E-state index in [9.17, 15) is 19.5 Å². The van der Waals surface area contributed by atoms with Crippen molar-refractivity contribution in [3.63, 3.8) is 0 Å². The summed E-state index contributed by atoms with van der Waals surface area (Å²) in [6, 6.07) is -0.857. The van der Waals surface area contributed by atoms with E-state index < -0.39 is 29.2 Å². The first kappa shape index (κ1) is 22.3. The highest BCUT2D eigenvalue weighted by molar-refractivity contribution is 8.00. The van der Waals surface area contributed by atoms with Gasteiger partial charge in [-0.05, 0) is 6.42 Å². The number of thiazole rings is 1. The molecule has 2 aliphatic rings. The lowest BCUT2D eigenvalue weighted by molar-refractivity contribution is -0.150. The number of carbonyl (C=O) groups is 3. The van der Waals surface area contributed by atoms with Gasteiger partial charge in [0.2, 0.25) is 0 Å². The minimum absolute atomic E-state index is 0.175. The van der Waals surface area contributed by atoms with Gasteiger partial charge in [0.25, 0.3) is 11.8 Å². The Hall–Kier alpha value is -3.39. The molecule has 12 nitrogen and oxygen atoms in total. The number of nitrogens with two attached hydrogens (primary N) is 2. The second-order valence-electron chi connectivity index (χ2n) is 6.30. The molecular weight excluding hydrogens is 444 g/mol. The minimum Gasteiger partial charge on any atom is -0.477 e. The summed E-state index contributed by atoms with van der Waals surface area (Å²) < 4.78 is 0. The maximum atomic E-state index is 12.8. The molecule has 1 aromatic heterocycles. The molecule has 1 fully saturated rings. The number of nitrogens with one attached hydrogen (secondary N) is 2. The van der Waals surface area contributed by atoms with E-state index in [1.165, 1.54) is 29.3 Å². The molecule has 0 aromatic carbocycles. The highest BCUT2D eigenvalue weighted by atomic mass is 32.2. The van der Waals surface area contributed by atoms with E-state index >= 15 is 0 Å². The number of anilines is 1. The highest BCUT2D eigenvalue weighted by Crippen LogP contribution is 2.40. The van der Waals surface area contributed by atoms with Gasteiger partial charge in [0.1, 0.15) is 23.5 Å². The van der Waals surface area contributed by atoms with Crippen molar-refractivity contribution in [1.29, 1.82) is 0 Å². The van der Waals surface area contributed by atoms with Crippen molar-refractivity contribution in [3.05, 3.63) is 28.4 Å². The standard InChI is InChI=1S/C17H20N8O4S2/c1-2-3-9(10-6-31-17(18)23-10)13(26)24-11-14(27)25-12(16(28)29)8(5-30-15(11)25)4-21-22-7-20-19/h3-4,6-7,11,15H,2,5,19H2,1H3,(H2,18,23)(H,20,22)(H,24,26)(H,28,29)/t11?,15-/m0/s1. The summed E-state index contributed by atoms with van der Waals surface area (Å²) in [5.74, 6) is 2.99. The van der Waals surface area contributed by atoms with Crippen LogP contribution in [0.1, 0.15) is 19.0 Å². The van der Waals surface area contributed by atoms with E-state index in [1.54, 1.807) is 11.5 Å². The third-order valence-electron chi connectivity index (χ3n) is 4.36. The Morgan fingerprint density at radius 2 is 2.26 bits per heavy atom. The number of allylic oxidation sites excluding steroid dienone is 1. The van der Waals surface area contributed by atoms with Gasteiger partial charge < -0.3 is 22.0 Å². The van der Waals surface area contributed by atoms with E-state index in [2.05, 4.69) is 25.9 Å². The number of hydrogen-bond donors (Lipinski definition) is 5. The van der Waals surface area contributed by atoms with Crippen molar-refractivity contribution < 1.29 is 19.5 Å². The lowest BCUT2D eigenvalue weighted by Crippen LogP contribution is -2.70. The number of carboxylic acid groups (broad SMARTS) is 1. The Balaban J connectivity index is 1.77. The van der Waals surface area contributed by atoms with Crippen LogP contribution < -0.4 is 22.3 Å². The molecule has 2 aliphatic heterocycles. The van der Waals surface area contributed by atoms with Crippen LogP contribution in [0.2, 0.25) is 0 Å². The minimum atomic E-state index is -1.26. The molecule has 0 radical (unpaired) electrons. The molecular formula is C17H20N8O4S2. The number of aromatic nitrogens is 1. The Morgan fingerprint density at radius 1 is 1.48 bits per heavy atom. The van der Waals surface area contributed by atoms with Crippen LogP contribution in [0.5, 0.6) is 0 Å². The van der Waals surface area contributed by atoms with Gasteiger partial charge in [0.15, 0.2) is 5.13 Å². The number of nitrogen functional groups attached to an aromatic ring is 1. The van der Waals surface area contributed by atoms with Crippen LogP contribution >= 0.6 is 23.1 Å². The van der Waals surface area contributed by atoms with Crippen molar-refractivity contribution >= 4 is 64.1 Å². The number of β-lactam (4-membered cyclic amide) rings is 1. The summed E-state index contributed by atoms with van der Waals surface area (Å²) in [5, 5.41) is 20.8. The average molecular weight is 465 g/mol. The zero-order valence-corrected chi connectivity index (χ0v) is 17.9. The van der Waals surface area contributed by atoms with E-state index in [4.69, 9.17) is 11.6 Å². The Morgan fingerprint density at radius 3 is 2.87 bits per heavy atom. The topological polar surface area (TPSA) is 188 Å². The third kappa shape index (κ3) is 4.54. The molecule has 1 unspecified atom stereocenters. The number of fused-ring (bicyclic) bond motifs is 1. The van der Waals surface area contributed by atoms with Crippen LogP contribution in [0.15, 0.2) is 32.9 Å². The molecule has 14 heteroatoms. The quantitative estimate of drug-likeness (QED) is 0.0861. The van der Waals surface area contributed by atoms with Crippen LogP contribution in [0, 0.1) is 0 Å². The zero-order chi connectivity index (χ0) is 22.5. The maximum absolute atomic E-state index is 12.8. The van der Waals surface area contributed by atoms with Gasteiger partial charge in [-0.2, -0.15) is 10.2 Å². The molecule has 1 aromatic rings. The monoisotopic (exact) mass is 464 g/mol. The van der Waals surface area contributed by atoms with Crippen molar-refractivity contribution in [3.8, 4) is 0 Å². The molecule has 2 amide bonds. The average Bonchev–Trinajstić information content (AvgIpc) is 3.18. The van der Waals surface area contributed by atoms with Crippen LogP contribution in [0.4, 0.5) is 5.13 Å². The highest BCUT2D eigenvalue weighted by Gasteiger charge is 2.54. The predicted octanol–water partition coefficient (Wildman–Crippen LogP) is -0.265. The van der Waals surface area contributed by atoms with E-state index in [0.29, 0.717) is 28.4 Å². The number of nitrogens with zero attached hydrogens (tertiary/aromatic N) is 4. The number of carbonyl (C=O) groups excluding carboxylic acids is 2. The van der Waals surface area contributed by atoms with Crippen molar-refractivity contribution in [2.75, 3.05) is 11.5 Å². The molecule has 3 heterocycles. The molecule has 0 bridgehead atoms. The van der Waals surface area contributed by atoms with Crippen molar-refractivity contribution in [2.45, 2.75) is 24.8 Å². The number of thioether (sulfide) groups is 1. The summed E-state index contributed by atoms with van der Waals surface area (Å²) in [6.45, 7) is 1.87. The largest absolute Gasteiger partial charge is 0.477 e. The molecule has 0 aliphatic carbocycles. The number of rotatable bonds is 8. The number of amides is 2. The predicted molar refractivity (Wildman–Crippen MR) is 119 cm³/mol. The first-order chi connectivity index (χ1) is 14.9. The molecule has 7 N–H and O–H groups in total. The molecule has 1 saturated heterocycles. The molecule has 2 atom stereocenters. The van der Waals surface area contributed by atoms with Gasteiger partial charge in [0, 0.05) is 16.7 Å². The zero-order valence-electron chi connectivity index (χ0n) is 16.3.